The monoisotopic (exact) mass is 295 g/mol. The van der Waals surface area contributed by atoms with Gasteiger partial charge in [0.15, 0.2) is 17.5 Å². The first-order chi connectivity index (χ1) is 9.56. The maximum Gasteiger partial charge on any atom is 0.189 e. The van der Waals surface area contributed by atoms with Crippen molar-refractivity contribution in [2.24, 2.45) is 10.7 Å². The molecular formula is C14H18ClN3O2. The van der Waals surface area contributed by atoms with Crippen LogP contribution >= 0.6 is 11.6 Å². The number of hydrogen-bond donors (Lipinski definition) is 2. The number of halogens is 1. The van der Waals surface area contributed by atoms with E-state index in [9.17, 15) is 0 Å². The average molecular weight is 296 g/mol. The Bertz CT molecular complexity index is 543. The summed E-state index contributed by atoms with van der Waals surface area (Å²) in [6, 6.07) is 3.68. The van der Waals surface area contributed by atoms with E-state index in [-0.39, 0.29) is 0 Å². The fourth-order valence-corrected chi connectivity index (χ4v) is 2.02. The first kappa shape index (κ1) is 14.5. The van der Waals surface area contributed by atoms with Gasteiger partial charge in [-0.15, -0.1) is 0 Å². The van der Waals surface area contributed by atoms with E-state index < -0.39 is 0 Å². The van der Waals surface area contributed by atoms with Gasteiger partial charge in [0.05, 0.1) is 11.6 Å². The standard InChI is InChI=1S/C14H18ClN3O2/c1-9(2)7-17-14(16)18-8-10-5-11(15)13-12(6-10)19-3-4-20-13/h5-6H,1,3-4,7-8H2,2H3,(H3,16,17,18). The lowest BCUT2D eigenvalue weighted by molar-refractivity contribution is 0.171. The maximum atomic E-state index is 6.15. The van der Waals surface area contributed by atoms with Crippen LogP contribution in [0.2, 0.25) is 5.02 Å². The summed E-state index contributed by atoms with van der Waals surface area (Å²) >= 11 is 6.15. The van der Waals surface area contributed by atoms with Crippen molar-refractivity contribution < 1.29 is 9.47 Å². The van der Waals surface area contributed by atoms with Crippen LogP contribution in [0, 0.1) is 0 Å². The molecule has 0 aromatic heterocycles. The Morgan fingerprint density at radius 1 is 1.45 bits per heavy atom. The number of nitrogens with one attached hydrogen (secondary N) is 1. The van der Waals surface area contributed by atoms with Crippen molar-refractivity contribution in [1.29, 1.82) is 0 Å². The zero-order valence-corrected chi connectivity index (χ0v) is 12.2. The van der Waals surface area contributed by atoms with E-state index in [1.54, 1.807) is 0 Å². The van der Waals surface area contributed by atoms with Crippen LogP contribution in [0.15, 0.2) is 29.3 Å². The van der Waals surface area contributed by atoms with Crippen LogP contribution in [0.5, 0.6) is 11.5 Å². The predicted molar refractivity (Wildman–Crippen MR) is 80.6 cm³/mol. The Balaban J connectivity index is 2.04. The van der Waals surface area contributed by atoms with Crippen molar-refractivity contribution in [2.75, 3.05) is 19.8 Å². The van der Waals surface area contributed by atoms with Crippen LogP contribution in [0.3, 0.4) is 0 Å². The molecule has 6 heteroatoms. The molecule has 0 radical (unpaired) electrons. The topological polar surface area (TPSA) is 68.9 Å². The van der Waals surface area contributed by atoms with Crippen molar-refractivity contribution in [1.82, 2.24) is 5.32 Å². The number of ether oxygens (including phenoxy) is 2. The number of rotatable bonds is 4. The predicted octanol–water partition coefficient (Wildman–Crippen LogP) is 2.09. The molecule has 0 amide bonds. The molecule has 1 aliphatic heterocycles. The third-order valence-corrected chi connectivity index (χ3v) is 2.94. The smallest absolute Gasteiger partial charge is 0.189 e. The lowest BCUT2D eigenvalue weighted by Gasteiger charge is -2.20. The van der Waals surface area contributed by atoms with Crippen LogP contribution in [0.4, 0.5) is 0 Å². The summed E-state index contributed by atoms with van der Waals surface area (Å²) in [5.74, 6) is 1.63. The number of nitrogens with zero attached hydrogens (tertiary/aromatic N) is 1. The van der Waals surface area contributed by atoms with E-state index in [1.165, 1.54) is 0 Å². The second kappa shape index (κ2) is 6.52. The Morgan fingerprint density at radius 2 is 2.20 bits per heavy atom. The van der Waals surface area contributed by atoms with Gasteiger partial charge in [0.25, 0.3) is 0 Å². The minimum atomic E-state index is 0.374. The summed E-state index contributed by atoms with van der Waals surface area (Å²) < 4.78 is 11.0. The summed E-state index contributed by atoms with van der Waals surface area (Å²) in [5.41, 5.74) is 7.66. The van der Waals surface area contributed by atoms with E-state index in [0.717, 1.165) is 11.1 Å². The van der Waals surface area contributed by atoms with Crippen LogP contribution in [0.1, 0.15) is 12.5 Å². The number of guanidine groups is 1. The van der Waals surface area contributed by atoms with Gasteiger partial charge in [-0.3, -0.25) is 0 Å². The Morgan fingerprint density at radius 3 is 2.95 bits per heavy atom. The summed E-state index contributed by atoms with van der Waals surface area (Å²) in [6.07, 6.45) is 0. The fourth-order valence-electron chi connectivity index (χ4n) is 1.73. The van der Waals surface area contributed by atoms with Crippen LogP contribution in [-0.4, -0.2) is 25.7 Å². The van der Waals surface area contributed by atoms with Gasteiger partial charge in [-0.1, -0.05) is 23.8 Å². The molecule has 0 saturated heterocycles. The van der Waals surface area contributed by atoms with Crippen molar-refractivity contribution >= 4 is 17.6 Å². The number of hydrogen-bond acceptors (Lipinski definition) is 3. The van der Waals surface area contributed by atoms with Gasteiger partial charge < -0.3 is 20.5 Å². The van der Waals surface area contributed by atoms with Gasteiger partial charge in [-0.25, -0.2) is 4.99 Å². The Kier molecular flexibility index (Phi) is 4.74. The van der Waals surface area contributed by atoms with Crippen molar-refractivity contribution in [3.63, 3.8) is 0 Å². The zero-order valence-electron chi connectivity index (χ0n) is 11.4. The van der Waals surface area contributed by atoms with Gasteiger partial charge in [0.1, 0.15) is 13.2 Å². The minimum Gasteiger partial charge on any atom is -0.486 e. The van der Waals surface area contributed by atoms with Gasteiger partial charge in [0, 0.05) is 6.54 Å². The van der Waals surface area contributed by atoms with E-state index in [2.05, 4.69) is 16.9 Å². The molecule has 0 fully saturated rings. The Hall–Kier alpha value is -1.88. The normalized spacial score (nSPS) is 14.0. The van der Waals surface area contributed by atoms with Crippen LogP contribution in [-0.2, 0) is 6.54 Å². The lowest BCUT2D eigenvalue weighted by atomic mass is 10.2. The molecule has 1 aliphatic rings. The van der Waals surface area contributed by atoms with Gasteiger partial charge >= 0.3 is 0 Å². The lowest BCUT2D eigenvalue weighted by Crippen LogP contribution is -2.32. The molecule has 0 aliphatic carbocycles. The molecular weight excluding hydrogens is 278 g/mol. The molecule has 0 saturated carbocycles. The third kappa shape index (κ3) is 3.81. The first-order valence-corrected chi connectivity index (χ1v) is 6.70. The van der Waals surface area contributed by atoms with Crippen LogP contribution in [0.25, 0.3) is 0 Å². The molecule has 5 nitrogen and oxygen atoms in total. The zero-order chi connectivity index (χ0) is 14.5. The van der Waals surface area contributed by atoms with Gasteiger partial charge in [-0.2, -0.15) is 0 Å². The summed E-state index contributed by atoms with van der Waals surface area (Å²) in [7, 11) is 0. The van der Waals surface area contributed by atoms with Crippen LogP contribution < -0.4 is 20.5 Å². The molecule has 108 valence electrons. The highest BCUT2D eigenvalue weighted by atomic mass is 35.5. The molecule has 0 bridgehead atoms. The van der Waals surface area contributed by atoms with E-state index in [0.29, 0.717) is 48.8 Å². The highest BCUT2D eigenvalue weighted by Gasteiger charge is 2.16. The van der Waals surface area contributed by atoms with Crippen molar-refractivity contribution in [3.8, 4) is 11.5 Å². The molecule has 0 spiro atoms. The minimum absolute atomic E-state index is 0.374. The second-order valence-electron chi connectivity index (χ2n) is 4.61. The average Bonchev–Trinajstić information content (AvgIpc) is 2.43. The fraction of sp³-hybridized carbons (Fsp3) is 0.357. The molecule has 3 N–H and O–H groups in total. The summed E-state index contributed by atoms with van der Waals surface area (Å²) in [4.78, 5) is 4.24. The summed E-state index contributed by atoms with van der Waals surface area (Å²) in [6.45, 7) is 7.77. The number of benzene rings is 1. The second-order valence-corrected chi connectivity index (χ2v) is 5.02. The molecule has 1 aromatic carbocycles. The van der Waals surface area contributed by atoms with Crippen molar-refractivity contribution in [3.05, 3.63) is 34.9 Å². The van der Waals surface area contributed by atoms with Crippen molar-refractivity contribution in [2.45, 2.75) is 13.5 Å². The highest BCUT2D eigenvalue weighted by Crippen LogP contribution is 2.38. The van der Waals surface area contributed by atoms with E-state index in [4.69, 9.17) is 26.8 Å². The molecule has 2 rings (SSSR count). The largest absolute Gasteiger partial charge is 0.486 e. The first-order valence-electron chi connectivity index (χ1n) is 6.32. The van der Waals surface area contributed by atoms with E-state index in [1.807, 2.05) is 19.1 Å². The summed E-state index contributed by atoms with van der Waals surface area (Å²) in [5, 5.41) is 3.50. The number of fused-ring (bicyclic) bond motifs is 1. The van der Waals surface area contributed by atoms with Gasteiger partial charge in [0.2, 0.25) is 0 Å². The maximum absolute atomic E-state index is 6.15. The number of aliphatic imine (C=N–C) groups is 1. The highest BCUT2D eigenvalue weighted by molar-refractivity contribution is 6.32. The SMILES string of the molecule is C=C(C)CNC(N)=NCc1cc(Cl)c2c(c1)OCCO2. The molecule has 0 atom stereocenters. The van der Waals surface area contributed by atoms with E-state index >= 15 is 0 Å². The molecule has 1 aromatic rings. The number of nitrogens with two attached hydrogens (primary N) is 1. The third-order valence-electron chi connectivity index (χ3n) is 2.66. The molecule has 1 heterocycles. The van der Waals surface area contributed by atoms with Gasteiger partial charge in [-0.05, 0) is 24.6 Å². The molecule has 20 heavy (non-hydrogen) atoms. The quantitative estimate of drug-likeness (QED) is 0.507. The Labute approximate surface area is 123 Å². The molecule has 0 unspecified atom stereocenters.